The van der Waals surface area contributed by atoms with Gasteiger partial charge in [0.2, 0.25) is 0 Å². The number of halogens is 2. The highest BCUT2D eigenvalue weighted by atomic mass is 35.5. The molecule has 0 bridgehead atoms. The fraction of sp³-hybridized carbons (Fsp3) is 0.545. The predicted octanol–water partition coefficient (Wildman–Crippen LogP) is 3.35. The average Bonchev–Trinajstić information content (AvgIpc) is 2.29. The highest BCUT2D eigenvalue weighted by Gasteiger charge is 2.11. The first kappa shape index (κ1) is 16.9. The Balaban J connectivity index is 2.76. The topological polar surface area (TPSA) is 59.1 Å². The quantitative estimate of drug-likeness (QED) is 0.770. The van der Waals surface area contributed by atoms with E-state index < -0.39 is 9.84 Å². The van der Waals surface area contributed by atoms with E-state index in [9.17, 15) is 8.42 Å². The highest BCUT2D eigenvalue weighted by Crippen LogP contribution is 2.31. The van der Waals surface area contributed by atoms with E-state index in [-0.39, 0.29) is 5.75 Å². The second-order valence-corrected chi connectivity index (χ2v) is 8.17. The molecule has 1 rings (SSSR count). The summed E-state index contributed by atoms with van der Waals surface area (Å²) in [6.07, 6.45) is 2.16. The van der Waals surface area contributed by atoms with Crippen molar-refractivity contribution in [2.75, 3.05) is 29.6 Å². The Kier molecular flexibility index (Phi) is 6.73. The van der Waals surface area contributed by atoms with Gasteiger partial charge in [-0.15, -0.1) is 11.8 Å². The summed E-state index contributed by atoms with van der Waals surface area (Å²) < 4.78 is 22.1. The minimum atomic E-state index is -2.97. The molecule has 1 aromatic heterocycles. The van der Waals surface area contributed by atoms with Gasteiger partial charge in [0, 0.05) is 18.6 Å². The molecule has 0 aliphatic heterocycles. The summed E-state index contributed by atoms with van der Waals surface area (Å²) in [7, 11) is -2.97. The Morgan fingerprint density at radius 2 is 2.05 bits per heavy atom. The molecular weight excluding hydrogens is 327 g/mol. The molecule has 0 aliphatic carbocycles. The smallest absolute Gasteiger partial charge is 0.148 e. The largest absolute Gasteiger partial charge is 0.369 e. The lowest BCUT2D eigenvalue weighted by Crippen LogP contribution is -2.06. The fourth-order valence-corrected chi connectivity index (χ4v) is 3.89. The molecular formula is C11H16Cl2N2O2S2. The van der Waals surface area contributed by atoms with Gasteiger partial charge in [0.25, 0.3) is 0 Å². The Bertz CT molecular complexity index is 536. The first-order chi connectivity index (χ1) is 8.83. The molecule has 0 unspecified atom stereocenters. The van der Waals surface area contributed by atoms with Gasteiger partial charge in [0.15, 0.2) is 0 Å². The molecule has 0 spiro atoms. The number of pyridine rings is 1. The molecule has 19 heavy (non-hydrogen) atoms. The third-order valence-corrected chi connectivity index (χ3v) is 5.02. The lowest BCUT2D eigenvalue weighted by atomic mass is 10.4. The molecule has 0 aliphatic rings. The van der Waals surface area contributed by atoms with Crippen molar-refractivity contribution in [2.24, 2.45) is 0 Å². The van der Waals surface area contributed by atoms with Gasteiger partial charge >= 0.3 is 0 Å². The number of rotatable bonds is 7. The Morgan fingerprint density at radius 3 is 2.63 bits per heavy atom. The summed E-state index contributed by atoms with van der Waals surface area (Å²) in [6, 6.07) is 1.62. The van der Waals surface area contributed by atoms with Crippen LogP contribution in [0, 0.1) is 0 Å². The summed E-state index contributed by atoms with van der Waals surface area (Å²) in [4.78, 5) is 4.32. The Labute approximate surface area is 128 Å². The second-order valence-electron chi connectivity index (χ2n) is 4.01. The summed E-state index contributed by atoms with van der Waals surface area (Å²) in [5.41, 5.74) is 0. The molecule has 1 heterocycles. The molecule has 0 atom stereocenters. The van der Waals surface area contributed by atoms with E-state index >= 15 is 0 Å². The standard InChI is InChI=1S/C11H16Cl2N2O2S2/c1-3-4-14-10-8(12)7-9(13)11(15-10)18-5-6-19(2,16)17/h7H,3-6H2,1-2H3,(H,14,15). The number of sulfone groups is 1. The minimum absolute atomic E-state index is 0.0933. The van der Waals surface area contributed by atoms with Crippen LogP contribution < -0.4 is 5.32 Å². The lowest BCUT2D eigenvalue weighted by molar-refractivity contribution is 0.603. The van der Waals surface area contributed by atoms with Crippen molar-refractivity contribution >= 4 is 50.6 Å². The minimum Gasteiger partial charge on any atom is -0.369 e. The van der Waals surface area contributed by atoms with Crippen LogP contribution in [0.4, 0.5) is 5.82 Å². The van der Waals surface area contributed by atoms with E-state index in [1.165, 1.54) is 18.0 Å². The molecule has 0 fully saturated rings. The fourth-order valence-electron chi connectivity index (χ4n) is 1.21. The van der Waals surface area contributed by atoms with Crippen molar-refractivity contribution in [1.82, 2.24) is 4.98 Å². The van der Waals surface area contributed by atoms with Crippen LogP contribution in [0.25, 0.3) is 0 Å². The van der Waals surface area contributed by atoms with Gasteiger partial charge in [-0.05, 0) is 12.5 Å². The third kappa shape index (κ3) is 6.21. The maximum Gasteiger partial charge on any atom is 0.148 e. The molecule has 8 heteroatoms. The van der Waals surface area contributed by atoms with E-state index in [4.69, 9.17) is 23.2 Å². The van der Waals surface area contributed by atoms with Gasteiger partial charge in [0.05, 0.1) is 15.8 Å². The van der Waals surface area contributed by atoms with Gasteiger partial charge in [-0.3, -0.25) is 0 Å². The highest BCUT2D eigenvalue weighted by molar-refractivity contribution is 8.00. The van der Waals surface area contributed by atoms with Crippen molar-refractivity contribution in [3.8, 4) is 0 Å². The van der Waals surface area contributed by atoms with Crippen LogP contribution in [0.2, 0.25) is 10.0 Å². The van der Waals surface area contributed by atoms with Crippen molar-refractivity contribution in [2.45, 2.75) is 18.4 Å². The molecule has 0 amide bonds. The van der Waals surface area contributed by atoms with Gasteiger partial charge < -0.3 is 5.32 Å². The molecule has 0 saturated carbocycles. The van der Waals surface area contributed by atoms with Crippen LogP contribution in [-0.4, -0.2) is 37.7 Å². The van der Waals surface area contributed by atoms with Crippen LogP contribution in [0.5, 0.6) is 0 Å². The molecule has 1 N–H and O–H groups in total. The van der Waals surface area contributed by atoms with Crippen LogP contribution in [0.15, 0.2) is 11.1 Å². The molecule has 0 saturated heterocycles. The summed E-state index contributed by atoms with van der Waals surface area (Å²) in [5.74, 6) is 1.09. The normalized spacial score (nSPS) is 11.6. The van der Waals surface area contributed by atoms with E-state index in [0.29, 0.717) is 26.6 Å². The first-order valence-electron chi connectivity index (χ1n) is 5.74. The van der Waals surface area contributed by atoms with E-state index in [2.05, 4.69) is 10.3 Å². The number of hydrogen-bond donors (Lipinski definition) is 1. The number of anilines is 1. The average molecular weight is 343 g/mol. The Morgan fingerprint density at radius 1 is 1.37 bits per heavy atom. The van der Waals surface area contributed by atoms with Crippen molar-refractivity contribution < 1.29 is 8.42 Å². The summed E-state index contributed by atoms with van der Waals surface area (Å²) in [5, 5.41) is 4.59. The molecule has 1 aromatic rings. The van der Waals surface area contributed by atoms with Crippen molar-refractivity contribution in [3.63, 3.8) is 0 Å². The van der Waals surface area contributed by atoms with Crippen molar-refractivity contribution in [1.29, 1.82) is 0 Å². The predicted molar refractivity (Wildman–Crippen MR) is 83.5 cm³/mol. The van der Waals surface area contributed by atoms with Crippen molar-refractivity contribution in [3.05, 3.63) is 16.1 Å². The monoisotopic (exact) mass is 342 g/mol. The number of nitrogens with one attached hydrogen (secondary N) is 1. The van der Waals surface area contributed by atoms with Crippen LogP contribution in [0.3, 0.4) is 0 Å². The SMILES string of the molecule is CCCNc1nc(SCCS(C)(=O)=O)c(Cl)cc1Cl. The molecule has 4 nitrogen and oxygen atoms in total. The van der Waals surface area contributed by atoms with Gasteiger partial charge in [0.1, 0.15) is 20.7 Å². The third-order valence-electron chi connectivity index (χ3n) is 2.13. The van der Waals surface area contributed by atoms with Gasteiger partial charge in [-0.2, -0.15) is 0 Å². The summed E-state index contributed by atoms with van der Waals surface area (Å²) >= 11 is 13.4. The number of nitrogens with zero attached hydrogens (tertiary/aromatic N) is 1. The maximum absolute atomic E-state index is 11.1. The molecule has 0 aromatic carbocycles. The van der Waals surface area contributed by atoms with Crippen LogP contribution in [-0.2, 0) is 9.84 Å². The number of hydrogen-bond acceptors (Lipinski definition) is 5. The maximum atomic E-state index is 11.1. The number of thioether (sulfide) groups is 1. The zero-order valence-electron chi connectivity index (χ0n) is 10.7. The van der Waals surface area contributed by atoms with Gasteiger partial charge in [-0.1, -0.05) is 30.1 Å². The van der Waals surface area contributed by atoms with Crippen LogP contribution >= 0.6 is 35.0 Å². The zero-order chi connectivity index (χ0) is 14.5. The zero-order valence-corrected chi connectivity index (χ0v) is 13.9. The number of aromatic nitrogens is 1. The first-order valence-corrected chi connectivity index (χ1v) is 9.54. The van der Waals surface area contributed by atoms with Crippen LogP contribution in [0.1, 0.15) is 13.3 Å². The Hall–Kier alpha value is -0.170. The van der Waals surface area contributed by atoms with E-state index in [1.807, 2.05) is 6.92 Å². The molecule has 0 radical (unpaired) electrons. The summed E-state index contributed by atoms with van der Waals surface area (Å²) in [6.45, 7) is 2.81. The van der Waals surface area contributed by atoms with E-state index in [1.54, 1.807) is 6.07 Å². The second kappa shape index (κ2) is 7.57. The lowest BCUT2D eigenvalue weighted by Gasteiger charge is -2.10. The van der Waals surface area contributed by atoms with Gasteiger partial charge in [-0.25, -0.2) is 13.4 Å². The van der Waals surface area contributed by atoms with E-state index in [0.717, 1.165) is 13.0 Å². The molecule has 108 valence electrons.